The van der Waals surface area contributed by atoms with Gasteiger partial charge < -0.3 is 10.1 Å². The summed E-state index contributed by atoms with van der Waals surface area (Å²) < 4.78 is 5.40. The van der Waals surface area contributed by atoms with Crippen LogP contribution in [0.4, 0.5) is 0 Å². The normalized spacial score (nSPS) is 27.3. The molecule has 0 spiro atoms. The number of rotatable bonds is 1. The molecule has 1 saturated heterocycles. The zero-order valence-corrected chi connectivity index (χ0v) is 7.36. The predicted octanol–water partition coefficient (Wildman–Crippen LogP) is 1.22. The Morgan fingerprint density at radius 3 is 2.54 bits per heavy atom. The molecule has 2 unspecified atom stereocenters. The number of hydrogen-bond acceptors (Lipinski definition) is 2. The van der Waals surface area contributed by atoms with Gasteiger partial charge in [-0.1, -0.05) is 30.3 Å². The van der Waals surface area contributed by atoms with Gasteiger partial charge in [-0.15, -0.1) is 0 Å². The number of carbonyl (C=O) groups excluding carboxylic acids is 1. The summed E-state index contributed by atoms with van der Waals surface area (Å²) in [5.74, 6) is -0.0568. The van der Waals surface area contributed by atoms with Gasteiger partial charge in [-0.2, -0.15) is 0 Å². The Hall–Kier alpha value is -1.35. The van der Waals surface area contributed by atoms with E-state index in [2.05, 4.69) is 5.32 Å². The maximum absolute atomic E-state index is 11.3. The van der Waals surface area contributed by atoms with Crippen LogP contribution in [0, 0.1) is 0 Å². The summed E-state index contributed by atoms with van der Waals surface area (Å²) >= 11 is 0. The van der Waals surface area contributed by atoms with Gasteiger partial charge >= 0.3 is 0 Å². The van der Waals surface area contributed by atoms with E-state index >= 15 is 0 Å². The average Bonchev–Trinajstić information content (AvgIpc) is 2.47. The highest BCUT2D eigenvalue weighted by Crippen LogP contribution is 2.22. The van der Waals surface area contributed by atoms with E-state index in [1.54, 1.807) is 0 Å². The third-order valence-electron chi connectivity index (χ3n) is 2.03. The molecule has 2 rings (SSSR count). The zero-order chi connectivity index (χ0) is 9.26. The van der Waals surface area contributed by atoms with Gasteiger partial charge in [0.2, 0.25) is 0 Å². The van der Waals surface area contributed by atoms with Crippen LogP contribution in [0.15, 0.2) is 30.3 Å². The molecule has 3 nitrogen and oxygen atoms in total. The number of nitrogens with one attached hydrogen (secondary N) is 1. The van der Waals surface area contributed by atoms with Crippen molar-refractivity contribution in [3.8, 4) is 0 Å². The Balaban J connectivity index is 2.23. The lowest BCUT2D eigenvalue weighted by Crippen LogP contribution is -2.23. The van der Waals surface area contributed by atoms with Gasteiger partial charge in [-0.05, 0) is 12.5 Å². The largest absolute Gasteiger partial charge is 0.341 e. The molecule has 1 fully saturated rings. The van der Waals surface area contributed by atoms with Crippen LogP contribution in [-0.4, -0.2) is 12.1 Å². The summed E-state index contributed by atoms with van der Waals surface area (Å²) in [5.41, 5.74) is 0.907. The molecular formula is C10H11NO2. The molecule has 1 aromatic carbocycles. The van der Waals surface area contributed by atoms with Crippen molar-refractivity contribution < 1.29 is 9.53 Å². The second-order valence-corrected chi connectivity index (χ2v) is 3.08. The van der Waals surface area contributed by atoms with Crippen molar-refractivity contribution >= 4 is 5.91 Å². The minimum atomic E-state index is -0.434. The Bertz CT molecular complexity index is 310. The minimum Gasteiger partial charge on any atom is -0.341 e. The van der Waals surface area contributed by atoms with Crippen LogP contribution < -0.4 is 5.32 Å². The van der Waals surface area contributed by atoms with Gasteiger partial charge in [0.15, 0.2) is 6.10 Å². The van der Waals surface area contributed by atoms with Crippen molar-refractivity contribution in [1.82, 2.24) is 5.32 Å². The number of hydrogen-bond donors (Lipinski definition) is 1. The summed E-state index contributed by atoms with van der Waals surface area (Å²) in [5, 5.41) is 2.70. The van der Waals surface area contributed by atoms with Crippen LogP contribution in [-0.2, 0) is 9.53 Å². The highest BCUT2D eigenvalue weighted by molar-refractivity contribution is 5.83. The molecule has 3 heteroatoms. The molecule has 2 atom stereocenters. The van der Waals surface area contributed by atoms with Gasteiger partial charge in [-0.25, -0.2) is 0 Å². The van der Waals surface area contributed by atoms with E-state index < -0.39 is 6.10 Å². The lowest BCUT2D eigenvalue weighted by molar-refractivity contribution is -0.123. The summed E-state index contributed by atoms with van der Waals surface area (Å²) in [4.78, 5) is 11.3. The fourth-order valence-corrected chi connectivity index (χ4v) is 1.43. The molecule has 1 aliphatic rings. The van der Waals surface area contributed by atoms with Crippen molar-refractivity contribution in [3.63, 3.8) is 0 Å². The lowest BCUT2D eigenvalue weighted by Gasteiger charge is -2.06. The molecule has 13 heavy (non-hydrogen) atoms. The Labute approximate surface area is 76.7 Å². The van der Waals surface area contributed by atoms with Crippen molar-refractivity contribution in [2.75, 3.05) is 0 Å². The van der Waals surface area contributed by atoms with Crippen LogP contribution >= 0.6 is 0 Å². The van der Waals surface area contributed by atoms with Crippen molar-refractivity contribution in [2.45, 2.75) is 19.3 Å². The smallest absolute Gasteiger partial charge is 0.255 e. The average molecular weight is 177 g/mol. The molecule has 0 aliphatic carbocycles. The Morgan fingerprint density at radius 2 is 2.00 bits per heavy atom. The minimum absolute atomic E-state index is 0.0568. The second-order valence-electron chi connectivity index (χ2n) is 3.08. The van der Waals surface area contributed by atoms with Crippen LogP contribution in [0.3, 0.4) is 0 Å². The molecule has 0 radical (unpaired) electrons. The topological polar surface area (TPSA) is 38.3 Å². The predicted molar refractivity (Wildman–Crippen MR) is 47.9 cm³/mol. The first kappa shape index (κ1) is 8.26. The molecule has 1 N–H and O–H groups in total. The first-order valence-corrected chi connectivity index (χ1v) is 4.28. The molecular weight excluding hydrogens is 166 g/mol. The lowest BCUT2D eigenvalue weighted by atomic mass is 10.1. The van der Waals surface area contributed by atoms with Gasteiger partial charge in [0, 0.05) is 0 Å². The van der Waals surface area contributed by atoms with E-state index in [4.69, 9.17) is 4.74 Å². The summed E-state index contributed by atoms with van der Waals surface area (Å²) in [7, 11) is 0. The van der Waals surface area contributed by atoms with E-state index in [0.29, 0.717) is 0 Å². The van der Waals surface area contributed by atoms with E-state index in [-0.39, 0.29) is 12.1 Å². The van der Waals surface area contributed by atoms with E-state index in [1.807, 2.05) is 37.3 Å². The number of ether oxygens (including phenoxy) is 1. The van der Waals surface area contributed by atoms with E-state index in [1.165, 1.54) is 0 Å². The second kappa shape index (κ2) is 3.18. The van der Waals surface area contributed by atoms with Crippen LogP contribution in [0.25, 0.3) is 0 Å². The van der Waals surface area contributed by atoms with Crippen LogP contribution in [0.2, 0.25) is 0 Å². The summed E-state index contributed by atoms with van der Waals surface area (Å²) in [6, 6.07) is 9.49. The molecule has 0 saturated carbocycles. The third kappa shape index (κ3) is 1.55. The molecule has 0 bridgehead atoms. The number of benzene rings is 1. The highest BCUT2D eigenvalue weighted by Gasteiger charge is 2.30. The highest BCUT2D eigenvalue weighted by atomic mass is 16.5. The van der Waals surface area contributed by atoms with Gasteiger partial charge in [-0.3, -0.25) is 4.79 Å². The standard InChI is InChI=1S/C10H11NO2/c1-7-11-10(12)9(13-7)8-5-3-2-4-6-8/h2-7,9H,1H3,(H,11,12). The van der Waals surface area contributed by atoms with E-state index in [9.17, 15) is 4.79 Å². The first-order chi connectivity index (χ1) is 6.27. The number of carbonyl (C=O) groups is 1. The molecule has 1 aliphatic heterocycles. The van der Waals surface area contributed by atoms with Crippen molar-refractivity contribution in [2.24, 2.45) is 0 Å². The monoisotopic (exact) mass is 177 g/mol. The van der Waals surface area contributed by atoms with Crippen LogP contribution in [0.5, 0.6) is 0 Å². The van der Waals surface area contributed by atoms with Gasteiger partial charge in [0.05, 0.1) is 0 Å². The van der Waals surface area contributed by atoms with Crippen molar-refractivity contribution in [1.29, 1.82) is 0 Å². The van der Waals surface area contributed by atoms with Crippen molar-refractivity contribution in [3.05, 3.63) is 35.9 Å². The molecule has 0 aromatic heterocycles. The van der Waals surface area contributed by atoms with Gasteiger partial charge in [0.25, 0.3) is 5.91 Å². The molecule has 68 valence electrons. The molecule has 1 amide bonds. The fraction of sp³-hybridized carbons (Fsp3) is 0.300. The SMILES string of the molecule is CC1NC(=O)C(c2ccccc2)O1. The van der Waals surface area contributed by atoms with Gasteiger partial charge in [0.1, 0.15) is 6.23 Å². The van der Waals surface area contributed by atoms with Crippen LogP contribution in [0.1, 0.15) is 18.6 Å². The first-order valence-electron chi connectivity index (χ1n) is 4.28. The Kier molecular flexibility index (Phi) is 2.02. The maximum atomic E-state index is 11.3. The molecule has 1 heterocycles. The zero-order valence-electron chi connectivity index (χ0n) is 7.36. The summed E-state index contributed by atoms with van der Waals surface area (Å²) in [6.45, 7) is 1.82. The molecule has 1 aromatic rings. The van der Waals surface area contributed by atoms with E-state index in [0.717, 1.165) is 5.56 Å². The number of amides is 1. The fourth-order valence-electron chi connectivity index (χ4n) is 1.43. The summed E-state index contributed by atoms with van der Waals surface area (Å²) in [6.07, 6.45) is -0.617. The Morgan fingerprint density at radius 1 is 1.31 bits per heavy atom. The third-order valence-corrected chi connectivity index (χ3v) is 2.03. The quantitative estimate of drug-likeness (QED) is 0.700. The maximum Gasteiger partial charge on any atom is 0.255 e.